The van der Waals surface area contributed by atoms with Gasteiger partial charge in [0.1, 0.15) is 5.82 Å². The fourth-order valence-corrected chi connectivity index (χ4v) is 2.92. The van der Waals surface area contributed by atoms with Gasteiger partial charge in [-0.05, 0) is 56.9 Å². The van der Waals surface area contributed by atoms with E-state index in [0.717, 1.165) is 5.56 Å². The number of anilines is 1. The van der Waals surface area contributed by atoms with Crippen LogP contribution in [0.2, 0.25) is 5.02 Å². The third-order valence-corrected chi connectivity index (χ3v) is 4.46. The normalized spacial score (nSPS) is 14.8. The number of nitrogens with two attached hydrogens (primary N) is 1. The van der Waals surface area contributed by atoms with E-state index >= 15 is 0 Å². The fourth-order valence-electron chi connectivity index (χ4n) is 2.39. The highest BCUT2D eigenvalue weighted by Crippen LogP contribution is 2.34. The second-order valence-electron chi connectivity index (χ2n) is 4.91. The van der Waals surface area contributed by atoms with Gasteiger partial charge >= 0.3 is 0 Å². The van der Waals surface area contributed by atoms with Gasteiger partial charge in [0.05, 0.1) is 16.9 Å². The van der Waals surface area contributed by atoms with Crippen LogP contribution >= 0.6 is 27.5 Å². The number of hydrogen-bond donors (Lipinski definition) is 2. The lowest BCUT2D eigenvalue weighted by atomic mass is 9.97. The molecule has 0 aliphatic carbocycles. The van der Waals surface area contributed by atoms with Gasteiger partial charge in [-0.3, -0.25) is 4.79 Å². The van der Waals surface area contributed by atoms with Gasteiger partial charge in [0.15, 0.2) is 0 Å². The van der Waals surface area contributed by atoms with Gasteiger partial charge in [-0.2, -0.15) is 0 Å². The van der Waals surface area contributed by atoms with Crippen molar-refractivity contribution in [3.8, 4) is 0 Å². The van der Waals surface area contributed by atoms with E-state index < -0.39 is 6.04 Å². The number of carbonyl (C=O) groups is 1. The Kier molecular flexibility index (Phi) is 3.73. The van der Waals surface area contributed by atoms with Crippen LogP contribution in [0, 0.1) is 5.82 Å². The molecule has 0 saturated carbocycles. The lowest BCUT2D eigenvalue weighted by molar-refractivity contribution is -0.115. The monoisotopic (exact) mass is 368 g/mol. The highest BCUT2D eigenvalue weighted by atomic mass is 79.9. The number of amides is 1. The molecular weight excluding hydrogens is 359 g/mol. The molecule has 0 bridgehead atoms. The summed E-state index contributed by atoms with van der Waals surface area (Å²) in [6.45, 7) is 0. The molecule has 1 amide bonds. The predicted octanol–water partition coefficient (Wildman–Crippen LogP) is 3.78. The molecule has 0 radical (unpaired) electrons. The van der Waals surface area contributed by atoms with E-state index in [1.165, 1.54) is 6.07 Å². The summed E-state index contributed by atoms with van der Waals surface area (Å²) in [5.41, 5.74) is 9.05. The lowest BCUT2D eigenvalue weighted by Gasteiger charge is -2.16. The van der Waals surface area contributed by atoms with Crippen molar-refractivity contribution in [1.29, 1.82) is 0 Å². The predicted molar refractivity (Wildman–Crippen MR) is 83.9 cm³/mol. The SMILES string of the molecule is NC(c1ccc(Br)c(F)c1)c1cc2c(cc1Cl)NC(=O)C2. The van der Waals surface area contributed by atoms with Gasteiger partial charge < -0.3 is 11.1 Å². The third kappa shape index (κ3) is 2.69. The smallest absolute Gasteiger partial charge is 0.228 e. The number of hydrogen-bond acceptors (Lipinski definition) is 2. The fraction of sp³-hybridized carbons (Fsp3) is 0.133. The summed E-state index contributed by atoms with van der Waals surface area (Å²) < 4.78 is 14.0. The Bertz CT molecular complexity index is 751. The zero-order valence-corrected chi connectivity index (χ0v) is 13.1. The molecule has 1 unspecified atom stereocenters. The first-order valence-electron chi connectivity index (χ1n) is 6.28. The second-order valence-corrected chi connectivity index (χ2v) is 6.17. The first kappa shape index (κ1) is 14.5. The van der Waals surface area contributed by atoms with Crippen LogP contribution in [0.5, 0.6) is 0 Å². The Morgan fingerprint density at radius 2 is 2.10 bits per heavy atom. The van der Waals surface area contributed by atoms with Gasteiger partial charge in [-0.25, -0.2) is 4.39 Å². The average Bonchev–Trinajstić information content (AvgIpc) is 2.79. The maximum atomic E-state index is 13.6. The Hall–Kier alpha value is -1.43. The molecule has 1 heterocycles. The third-order valence-electron chi connectivity index (χ3n) is 3.49. The summed E-state index contributed by atoms with van der Waals surface area (Å²) >= 11 is 9.35. The minimum Gasteiger partial charge on any atom is -0.325 e. The van der Waals surface area contributed by atoms with Crippen LogP contribution in [0.4, 0.5) is 10.1 Å². The number of fused-ring (bicyclic) bond motifs is 1. The molecule has 21 heavy (non-hydrogen) atoms. The van der Waals surface area contributed by atoms with E-state index in [2.05, 4.69) is 21.2 Å². The minimum atomic E-state index is -0.555. The van der Waals surface area contributed by atoms with Crippen LogP contribution in [0.1, 0.15) is 22.7 Å². The van der Waals surface area contributed by atoms with E-state index in [9.17, 15) is 9.18 Å². The van der Waals surface area contributed by atoms with Crippen LogP contribution in [0.15, 0.2) is 34.8 Å². The molecule has 3 N–H and O–H groups in total. The molecule has 1 atom stereocenters. The van der Waals surface area contributed by atoms with Gasteiger partial charge in [-0.1, -0.05) is 17.7 Å². The molecule has 0 aromatic heterocycles. The van der Waals surface area contributed by atoms with Crippen LogP contribution < -0.4 is 11.1 Å². The van der Waals surface area contributed by atoms with Crippen molar-refractivity contribution >= 4 is 39.1 Å². The number of halogens is 3. The number of rotatable bonds is 2. The summed E-state index contributed by atoms with van der Waals surface area (Å²) in [5.74, 6) is -0.446. The molecule has 1 aliphatic heterocycles. The van der Waals surface area contributed by atoms with E-state index in [1.807, 2.05) is 0 Å². The van der Waals surface area contributed by atoms with Crippen molar-refractivity contribution in [2.24, 2.45) is 5.73 Å². The number of benzene rings is 2. The summed E-state index contributed by atoms with van der Waals surface area (Å²) in [7, 11) is 0. The summed E-state index contributed by atoms with van der Waals surface area (Å²) in [6.07, 6.45) is 0.306. The van der Waals surface area contributed by atoms with Crippen LogP contribution in [0.25, 0.3) is 0 Å². The molecule has 0 spiro atoms. The van der Waals surface area contributed by atoms with Crippen LogP contribution in [-0.4, -0.2) is 5.91 Å². The van der Waals surface area contributed by atoms with E-state index in [4.69, 9.17) is 17.3 Å². The molecule has 6 heteroatoms. The molecule has 108 valence electrons. The quantitative estimate of drug-likeness (QED) is 0.846. The van der Waals surface area contributed by atoms with Crippen molar-refractivity contribution in [2.75, 3.05) is 5.32 Å². The molecule has 2 aromatic carbocycles. The molecule has 0 saturated heterocycles. The first-order chi connectivity index (χ1) is 9.95. The van der Waals surface area contributed by atoms with Gasteiger partial charge in [0.2, 0.25) is 5.91 Å². The Labute approximate surface area is 134 Å². The molecule has 2 aromatic rings. The Morgan fingerprint density at radius 1 is 1.33 bits per heavy atom. The van der Waals surface area contributed by atoms with E-state index in [0.29, 0.717) is 32.7 Å². The van der Waals surface area contributed by atoms with Crippen molar-refractivity contribution in [3.05, 3.63) is 62.3 Å². The number of nitrogens with one attached hydrogen (secondary N) is 1. The molecule has 3 rings (SSSR count). The van der Waals surface area contributed by atoms with E-state index in [-0.39, 0.29) is 11.7 Å². The zero-order chi connectivity index (χ0) is 15.1. The molecule has 0 fully saturated rings. The summed E-state index contributed by atoms with van der Waals surface area (Å²) in [6, 6.07) is 7.66. The number of carbonyl (C=O) groups excluding carboxylic acids is 1. The zero-order valence-electron chi connectivity index (χ0n) is 10.8. The van der Waals surface area contributed by atoms with Crippen LogP contribution in [-0.2, 0) is 11.2 Å². The highest BCUT2D eigenvalue weighted by Gasteiger charge is 2.22. The summed E-state index contributed by atoms with van der Waals surface area (Å²) in [5, 5.41) is 3.18. The lowest BCUT2D eigenvalue weighted by Crippen LogP contribution is -2.13. The maximum Gasteiger partial charge on any atom is 0.228 e. The van der Waals surface area contributed by atoms with Gasteiger partial charge in [-0.15, -0.1) is 0 Å². The van der Waals surface area contributed by atoms with Gasteiger partial charge in [0.25, 0.3) is 0 Å². The van der Waals surface area contributed by atoms with Gasteiger partial charge in [0, 0.05) is 10.7 Å². The minimum absolute atomic E-state index is 0.0681. The largest absolute Gasteiger partial charge is 0.325 e. The standard InChI is InChI=1S/C15H11BrClFN2O/c16-10-2-1-7(4-12(10)18)15(19)9-3-8-5-14(21)20-13(8)6-11(9)17/h1-4,6,15H,5,19H2,(H,20,21). The topological polar surface area (TPSA) is 55.1 Å². The first-order valence-corrected chi connectivity index (χ1v) is 7.45. The van der Waals surface area contributed by atoms with E-state index in [1.54, 1.807) is 24.3 Å². The average molecular weight is 370 g/mol. The molecule has 3 nitrogen and oxygen atoms in total. The van der Waals surface area contributed by atoms with Crippen molar-refractivity contribution in [1.82, 2.24) is 0 Å². The maximum absolute atomic E-state index is 13.6. The molecule has 1 aliphatic rings. The molecular formula is C15H11BrClFN2O. The Morgan fingerprint density at radius 3 is 2.81 bits per heavy atom. The van der Waals surface area contributed by atoms with Crippen molar-refractivity contribution in [3.63, 3.8) is 0 Å². The summed E-state index contributed by atoms with van der Waals surface area (Å²) in [4.78, 5) is 11.4. The highest BCUT2D eigenvalue weighted by molar-refractivity contribution is 9.10. The van der Waals surface area contributed by atoms with Crippen LogP contribution in [0.3, 0.4) is 0 Å². The van der Waals surface area contributed by atoms with Crippen molar-refractivity contribution in [2.45, 2.75) is 12.5 Å². The van der Waals surface area contributed by atoms with Crippen molar-refractivity contribution < 1.29 is 9.18 Å². The Balaban J connectivity index is 2.02. The second kappa shape index (κ2) is 5.40.